The van der Waals surface area contributed by atoms with Crippen LogP contribution in [-0.4, -0.2) is 57.8 Å². The van der Waals surface area contributed by atoms with Crippen molar-refractivity contribution in [2.75, 3.05) is 0 Å². The van der Waals surface area contributed by atoms with Gasteiger partial charge in [0.25, 0.3) is 11.8 Å². The number of nitrogens with one attached hydrogen (secondary N) is 4. The normalized spacial score (nSPS) is 21.1. The summed E-state index contributed by atoms with van der Waals surface area (Å²) in [4.78, 5) is 31.8. The molecule has 13 heteroatoms. The Labute approximate surface area is 303 Å². The summed E-state index contributed by atoms with van der Waals surface area (Å²) in [6, 6.07) is 27.5. The van der Waals surface area contributed by atoms with Gasteiger partial charge in [0.2, 0.25) is 20.0 Å². The third-order valence-corrected chi connectivity index (χ3v) is 13.2. The molecule has 0 bridgehead atoms. The average molecular weight is 740 g/mol. The van der Waals surface area contributed by atoms with Gasteiger partial charge in [0.05, 0.1) is 9.79 Å². The van der Waals surface area contributed by atoms with Crippen molar-refractivity contribution in [1.82, 2.24) is 25.1 Å². The summed E-state index contributed by atoms with van der Waals surface area (Å²) in [5.74, 6) is -1.04. The second-order valence-electron chi connectivity index (χ2n) is 13.5. The van der Waals surface area contributed by atoms with E-state index < -0.39 is 56.0 Å². The molecule has 1 aromatic heterocycles. The largest absolute Gasteiger partial charge is 0.346 e. The maximum atomic E-state index is 13.6. The van der Waals surface area contributed by atoms with Crippen LogP contribution >= 0.6 is 0 Å². The Balaban J connectivity index is 1.02. The number of pyridine rings is 1. The standard InChI is InChI=1S/C39H41N5O6S2/c45-38(41-30-18-5-7-20-32(30)43-51(47,48)36-24-9-14-26-12-1-3-16-28(26)36)34-22-11-23-35(40-34)39(46)42-31-19-6-8-21-33(31)44-52(49,50)37-25-10-15-27-13-2-4-17-29(27)37/h1-4,9-17,22-25,30-33,43-44H,5-8,18-21H2,(H,41,45)(H,42,46)/t30-,31-,32-,33-/m1/s1. The zero-order valence-electron chi connectivity index (χ0n) is 28.5. The predicted molar refractivity (Wildman–Crippen MR) is 200 cm³/mol. The minimum atomic E-state index is -3.91. The minimum absolute atomic E-state index is 0.0192. The molecule has 2 amide bonds. The number of rotatable bonds is 10. The molecule has 1 heterocycles. The Bertz CT molecular complexity index is 2180. The van der Waals surface area contributed by atoms with E-state index in [1.165, 1.54) is 12.1 Å². The first-order chi connectivity index (χ1) is 25.1. The molecule has 0 radical (unpaired) electrons. The molecule has 2 aliphatic carbocycles. The molecule has 0 saturated heterocycles. The van der Waals surface area contributed by atoms with Gasteiger partial charge in [-0.25, -0.2) is 31.3 Å². The number of sulfonamides is 2. The Morgan fingerprint density at radius 1 is 0.481 bits per heavy atom. The molecule has 2 saturated carbocycles. The van der Waals surface area contributed by atoms with Gasteiger partial charge in [-0.1, -0.05) is 105 Å². The second kappa shape index (κ2) is 15.1. The Hall–Kier alpha value is -4.69. The van der Waals surface area contributed by atoms with Crippen molar-refractivity contribution >= 4 is 53.4 Å². The minimum Gasteiger partial charge on any atom is -0.346 e. The number of fused-ring (bicyclic) bond motifs is 2. The number of aromatic nitrogens is 1. The first-order valence-electron chi connectivity index (χ1n) is 17.7. The number of amides is 2. The Morgan fingerprint density at radius 3 is 1.29 bits per heavy atom. The third-order valence-electron chi connectivity index (χ3n) is 10.1. The number of benzene rings is 4. The molecule has 4 aromatic carbocycles. The van der Waals surface area contributed by atoms with Crippen molar-refractivity contribution < 1.29 is 26.4 Å². The van der Waals surface area contributed by atoms with E-state index in [1.54, 1.807) is 54.6 Å². The van der Waals surface area contributed by atoms with Crippen LogP contribution in [0.4, 0.5) is 0 Å². The topological polar surface area (TPSA) is 163 Å². The van der Waals surface area contributed by atoms with Crippen LogP contribution in [-0.2, 0) is 20.0 Å². The van der Waals surface area contributed by atoms with E-state index in [2.05, 4.69) is 25.1 Å². The van der Waals surface area contributed by atoms with Crippen molar-refractivity contribution in [3.8, 4) is 0 Å². The van der Waals surface area contributed by atoms with Crippen LogP contribution in [0.1, 0.15) is 72.3 Å². The number of hydrogen-bond donors (Lipinski definition) is 4. The number of nitrogens with zero attached hydrogens (tertiary/aromatic N) is 1. The van der Waals surface area contributed by atoms with E-state index in [0.29, 0.717) is 36.5 Å². The fraction of sp³-hybridized carbons (Fsp3) is 0.308. The lowest BCUT2D eigenvalue weighted by Gasteiger charge is -2.33. The van der Waals surface area contributed by atoms with E-state index >= 15 is 0 Å². The summed E-state index contributed by atoms with van der Waals surface area (Å²) in [6.45, 7) is 0. The molecule has 5 aromatic rings. The molecule has 2 aliphatic rings. The lowest BCUT2D eigenvalue weighted by molar-refractivity contribution is 0.0908. The molecule has 52 heavy (non-hydrogen) atoms. The molecular weight excluding hydrogens is 699 g/mol. The molecular formula is C39H41N5O6S2. The summed E-state index contributed by atoms with van der Waals surface area (Å²) < 4.78 is 60.1. The fourth-order valence-corrected chi connectivity index (χ4v) is 10.5. The van der Waals surface area contributed by atoms with Gasteiger partial charge in [0, 0.05) is 34.9 Å². The molecule has 4 N–H and O–H groups in total. The van der Waals surface area contributed by atoms with E-state index in [-0.39, 0.29) is 21.2 Å². The molecule has 7 rings (SSSR count). The summed E-state index contributed by atoms with van der Waals surface area (Å²) in [5, 5.41) is 8.81. The lowest BCUT2D eigenvalue weighted by atomic mass is 9.91. The average Bonchev–Trinajstić information content (AvgIpc) is 3.15. The molecule has 0 unspecified atom stereocenters. The summed E-state index contributed by atoms with van der Waals surface area (Å²) >= 11 is 0. The van der Waals surface area contributed by atoms with Gasteiger partial charge >= 0.3 is 0 Å². The van der Waals surface area contributed by atoms with E-state index in [9.17, 15) is 26.4 Å². The summed E-state index contributed by atoms with van der Waals surface area (Å²) in [6.07, 6.45) is 5.51. The molecule has 0 spiro atoms. The highest BCUT2D eigenvalue weighted by Crippen LogP contribution is 2.27. The van der Waals surface area contributed by atoms with Gasteiger partial charge < -0.3 is 10.6 Å². The van der Waals surface area contributed by atoms with Crippen LogP contribution in [0.5, 0.6) is 0 Å². The predicted octanol–water partition coefficient (Wildman–Crippen LogP) is 5.43. The number of carbonyl (C=O) groups is 2. The first-order valence-corrected chi connectivity index (χ1v) is 20.6. The van der Waals surface area contributed by atoms with Crippen LogP contribution in [0, 0.1) is 0 Å². The van der Waals surface area contributed by atoms with Gasteiger partial charge in [-0.2, -0.15) is 0 Å². The van der Waals surface area contributed by atoms with Gasteiger partial charge in [-0.3, -0.25) is 9.59 Å². The van der Waals surface area contributed by atoms with Crippen LogP contribution in [0.15, 0.2) is 113 Å². The van der Waals surface area contributed by atoms with Crippen molar-refractivity contribution in [2.45, 2.75) is 85.3 Å². The molecule has 4 atom stereocenters. The summed E-state index contributed by atoms with van der Waals surface area (Å²) in [5.41, 5.74) is 0.0384. The van der Waals surface area contributed by atoms with Crippen LogP contribution < -0.4 is 20.1 Å². The van der Waals surface area contributed by atoms with Crippen LogP contribution in [0.2, 0.25) is 0 Å². The number of hydrogen-bond acceptors (Lipinski definition) is 7. The highest BCUT2D eigenvalue weighted by atomic mass is 32.2. The second-order valence-corrected chi connectivity index (χ2v) is 16.9. The van der Waals surface area contributed by atoms with Crippen molar-refractivity contribution in [2.24, 2.45) is 0 Å². The van der Waals surface area contributed by atoms with Crippen LogP contribution in [0.25, 0.3) is 21.5 Å². The highest BCUT2D eigenvalue weighted by Gasteiger charge is 2.33. The van der Waals surface area contributed by atoms with Crippen LogP contribution in [0.3, 0.4) is 0 Å². The van der Waals surface area contributed by atoms with Crippen molar-refractivity contribution in [1.29, 1.82) is 0 Å². The fourth-order valence-electron chi connectivity index (χ4n) is 7.45. The molecule has 11 nitrogen and oxygen atoms in total. The summed E-state index contributed by atoms with van der Waals surface area (Å²) in [7, 11) is -7.81. The van der Waals surface area contributed by atoms with Gasteiger partial charge in [0.15, 0.2) is 0 Å². The van der Waals surface area contributed by atoms with Gasteiger partial charge in [-0.05, 0) is 60.7 Å². The zero-order chi connectivity index (χ0) is 36.3. The van der Waals surface area contributed by atoms with Crippen molar-refractivity contribution in [3.05, 3.63) is 115 Å². The lowest BCUT2D eigenvalue weighted by Crippen LogP contribution is -2.53. The molecule has 2 fully saturated rings. The Morgan fingerprint density at radius 2 is 0.846 bits per heavy atom. The van der Waals surface area contributed by atoms with E-state index in [4.69, 9.17) is 0 Å². The SMILES string of the molecule is O=C(N[C@@H]1CCCC[C@H]1NS(=O)(=O)c1cccc2ccccc12)c1cccc(C(=O)N[C@@H]2CCCC[C@H]2NS(=O)(=O)c2cccc3ccccc23)n1. The smallest absolute Gasteiger partial charge is 0.270 e. The monoisotopic (exact) mass is 739 g/mol. The van der Waals surface area contributed by atoms with E-state index in [0.717, 1.165) is 36.5 Å². The maximum absolute atomic E-state index is 13.6. The van der Waals surface area contributed by atoms with E-state index in [1.807, 2.05) is 36.4 Å². The maximum Gasteiger partial charge on any atom is 0.270 e. The highest BCUT2D eigenvalue weighted by molar-refractivity contribution is 7.90. The third kappa shape index (κ3) is 7.73. The quantitative estimate of drug-likeness (QED) is 0.149. The van der Waals surface area contributed by atoms with Gasteiger partial charge in [0.1, 0.15) is 11.4 Å². The molecule has 270 valence electrons. The Kier molecular flexibility index (Phi) is 10.4. The zero-order valence-corrected chi connectivity index (χ0v) is 30.1. The number of carbonyl (C=O) groups excluding carboxylic acids is 2. The molecule has 0 aliphatic heterocycles. The first kappa shape index (κ1) is 35.7. The van der Waals surface area contributed by atoms with Gasteiger partial charge in [-0.15, -0.1) is 0 Å². The van der Waals surface area contributed by atoms with Crippen molar-refractivity contribution in [3.63, 3.8) is 0 Å².